The van der Waals surface area contributed by atoms with Gasteiger partial charge < -0.3 is 13.6 Å². The van der Waals surface area contributed by atoms with Crippen molar-refractivity contribution in [2.45, 2.75) is 105 Å². The fourth-order valence-corrected chi connectivity index (χ4v) is 11.1. The second-order valence-corrected chi connectivity index (χ2v) is 24.7. The van der Waals surface area contributed by atoms with E-state index in [1.165, 1.54) is 43.8 Å². The Labute approximate surface area is 440 Å². The topological polar surface area (TPSA) is 53.1 Å². The lowest BCUT2D eigenvalue weighted by Gasteiger charge is -2.21. The summed E-state index contributed by atoms with van der Waals surface area (Å²) in [6.07, 6.45) is 0. The van der Waals surface area contributed by atoms with Crippen LogP contribution in [0.1, 0.15) is 105 Å². The Morgan fingerprint density at radius 3 is 1.23 bits per heavy atom. The van der Waals surface area contributed by atoms with Gasteiger partial charge >= 0.3 is 0 Å². The van der Waals surface area contributed by atoms with E-state index >= 15 is 0 Å². The highest BCUT2D eigenvalue weighted by molar-refractivity contribution is 6.21. The van der Waals surface area contributed by atoms with Crippen molar-refractivity contribution in [2.75, 3.05) is 0 Å². The lowest BCUT2D eigenvalue weighted by Crippen LogP contribution is -2.11. The lowest BCUT2D eigenvalue weighted by atomic mass is 9.85. The first-order chi connectivity index (χ1) is 35.7. The van der Waals surface area contributed by atoms with Crippen molar-refractivity contribution in [3.8, 4) is 45.3 Å². The lowest BCUT2D eigenvalue weighted by molar-refractivity contribution is 0.590. The van der Waals surface area contributed by atoms with Gasteiger partial charge in [-0.15, -0.1) is 0 Å². The molecule has 0 fully saturated rings. The molecule has 0 radical (unpaired) electrons. The van der Waals surface area contributed by atoms with Gasteiger partial charge in [0.1, 0.15) is 11.2 Å². The van der Waals surface area contributed by atoms with Gasteiger partial charge in [-0.05, 0) is 111 Å². The summed E-state index contributed by atoms with van der Waals surface area (Å²) in [4.78, 5) is 15.0. The molecule has 370 valence electrons. The Morgan fingerprint density at radius 1 is 0.413 bits per heavy atom. The monoisotopic (exact) mass is 978 g/mol. The van der Waals surface area contributed by atoms with Crippen molar-refractivity contribution in [1.82, 2.24) is 19.1 Å². The van der Waals surface area contributed by atoms with Crippen LogP contribution in [-0.4, -0.2) is 19.1 Å². The van der Waals surface area contributed by atoms with Crippen molar-refractivity contribution in [3.05, 3.63) is 197 Å². The molecule has 0 aliphatic carbocycles. The van der Waals surface area contributed by atoms with Crippen LogP contribution in [0.4, 0.5) is 5.69 Å². The molecule has 6 heteroatoms. The van der Waals surface area contributed by atoms with E-state index in [-0.39, 0.29) is 21.7 Å². The van der Waals surface area contributed by atoms with Crippen LogP contribution < -0.4 is 0 Å². The van der Waals surface area contributed by atoms with Gasteiger partial charge in [0.25, 0.3) is 0 Å². The third-order valence-electron chi connectivity index (χ3n) is 15.4. The first kappa shape index (κ1) is 47.7. The van der Waals surface area contributed by atoms with E-state index in [9.17, 15) is 0 Å². The van der Waals surface area contributed by atoms with Gasteiger partial charge in [0.2, 0.25) is 5.69 Å². The molecule has 0 aliphatic rings. The molecule has 12 rings (SSSR count). The molecule has 0 saturated heterocycles. The zero-order valence-electron chi connectivity index (χ0n) is 45.2. The summed E-state index contributed by atoms with van der Waals surface area (Å²) in [6.45, 7) is 36.4. The minimum Gasteiger partial charge on any atom is -0.466 e. The molecule has 0 unspecified atom stereocenters. The molecular formula is C69H63N5O. The van der Waals surface area contributed by atoms with Gasteiger partial charge in [-0.3, -0.25) is 0 Å². The number of furan rings is 1. The van der Waals surface area contributed by atoms with Gasteiger partial charge in [-0.2, -0.15) is 0 Å². The minimum absolute atomic E-state index is 0.0774. The Bertz CT molecular complexity index is 4120. The van der Waals surface area contributed by atoms with E-state index < -0.39 is 0 Å². The first-order valence-corrected chi connectivity index (χ1v) is 26.3. The number of rotatable bonds is 5. The van der Waals surface area contributed by atoms with Gasteiger partial charge in [-0.1, -0.05) is 180 Å². The normalized spacial score (nSPS) is 12.8. The molecule has 0 bridgehead atoms. The van der Waals surface area contributed by atoms with Crippen LogP contribution >= 0.6 is 0 Å². The zero-order chi connectivity index (χ0) is 52.5. The molecule has 0 spiro atoms. The van der Waals surface area contributed by atoms with Crippen LogP contribution in [0, 0.1) is 6.57 Å². The molecule has 4 heterocycles. The van der Waals surface area contributed by atoms with E-state index in [2.05, 4.69) is 224 Å². The van der Waals surface area contributed by atoms with Crippen LogP contribution in [-0.2, 0) is 21.7 Å². The third kappa shape index (κ3) is 7.91. The largest absolute Gasteiger partial charge is 0.466 e. The fourth-order valence-electron chi connectivity index (χ4n) is 11.1. The van der Waals surface area contributed by atoms with Crippen LogP contribution in [0.15, 0.2) is 168 Å². The third-order valence-corrected chi connectivity index (χ3v) is 15.4. The Morgan fingerprint density at radius 2 is 0.827 bits per heavy atom. The molecule has 0 N–H and O–H groups in total. The summed E-state index contributed by atoms with van der Waals surface area (Å²) in [5.74, 6) is 0.541. The molecular weight excluding hydrogens is 915 g/mol. The van der Waals surface area contributed by atoms with Crippen LogP contribution in [0.5, 0.6) is 0 Å². The highest BCUT2D eigenvalue weighted by Crippen LogP contribution is 2.50. The summed E-state index contributed by atoms with van der Waals surface area (Å²) in [7, 11) is 0. The number of nitrogens with zero attached hydrogens (tertiary/aromatic N) is 5. The summed E-state index contributed by atoms with van der Waals surface area (Å²) in [6, 6.07) is 58.9. The molecule has 75 heavy (non-hydrogen) atoms. The van der Waals surface area contributed by atoms with Crippen LogP contribution in [0.2, 0.25) is 0 Å². The molecule has 0 atom stereocenters. The van der Waals surface area contributed by atoms with Gasteiger partial charge in [0.05, 0.1) is 57.0 Å². The minimum atomic E-state index is -0.0852. The second-order valence-electron chi connectivity index (χ2n) is 24.7. The van der Waals surface area contributed by atoms with Gasteiger partial charge in [-0.25, -0.2) is 14.8 Å². The predicted molar refractivity (Wildman–Crippen MR) is 315 cm³/mol. The van der Waals surface area contributed by atoms with Gasteiger partial charge in [0.15, 0.2) is 5.82 Å². The fraction of sp³-hybridized carbons (Fsp3) is 0.232. The average Bonchev–Trinajstić information content (AvgIpc) is 4.09. The number of para-hydroxylation sites is 1. The molecule has 0 amide bonds. The van der Waals surface area contributed by atoms with Crippen molar-refractivity contribution in [2.24, 2.45) is 0 Å². The Hall–Kier alpha value is -8.27. The summed E-state index contributed by atoms with van der Waals surface area (Å²) >= 11 is 0. The number of fused-ring (bicyclic) bond motifs is 9. The Balaban J connectivity index is 1.27. The quantitative estimate of drug-likeness (QED) is 0.162. The number of aromatic nitrogens is 4. The molecule has 4 aromatic heterocycles. The molecule has 6 nitrogen and oxygen atoms in total. The van der Waals surface area contributed by atoms with Crippen molar-refractivity contribution in [3.63, 3.8) is 0 Å². The average molecular weight is 978 g/mol. The predicted octanol–water partition coefficient (Wildman–Crippen LogP) is 19.3. The van der Waals surface area contributed by atoms with Crippen molar-refractivity contribution < 1.29 is 4.42 Å². The number of benzene rings is 8. The molecule has 8 aromatic carbocycles. The Kier molecular flexibility index (Phi) is 10.7. The van der Waals surface area contributed by atoms with Crippen molar-refractivity contribution in [1.29, 1.82) is 0 Å². The van der Waals surface area contributed by atoms with Crippen LogP contribution in [0.25, 0.3) is 116 Å². The van der Waals surface area contributed by atoms with E-state index in [1.54, 1.807) is 0 Å². The standard InChI is InChI=1S/C69H63N5O/c1-66(2,3)43-27-31-56-49(35-43)50-36-44(67(4,5)6)28-32-57(50)73(56)60-40-55(70-13)64-61(62(60)74-58-33-29-45(68(7,8)9)37-51(58)52-38-46(69(10,11)12)30-34-59(52)74)47-25-20-26-48(63(47)75-64)65-71-53(41-21-16-14-17-22-41)39-54(72-65)42-23-18-15-19-24-42/h14-40H,1-12H3. The summed E-state index contributed by atoms with van der Waals surface area (Å²) in [5, 5.41) is 6.43. The maximum Gasteiger partial charge on any atom is 0.231 e. The van der Waals surface area contributed by atoms with Crippen LogP contribution in [0.3, 0.4) is 0 Å². The highest BCUT2D eigenvalue weighted by Gasteiger charge is 2.30. The molecule has 0 aliphatic heterocycles. The van der Waals surface area contributed by atoms with E-state index in [1.807, 2.05) is 36.4 Å². The maximum atomic E-state index is 9.00. The molecule has 0 saturated carbocycles. The van der Waals surface area contributed by atoms with E-state index in [0.717, 1.165) is 72.3 Å². The summed E-state index contributed by atoms with van der Waals surface area (Å²) in [5.41, 5.74) is 16.8. The second kappa shape index (κ2) is 16.9. The van der Waals surface area contributed by atoms with E-state index in [0.29, 0.717) is 22.7 Å². The number of hydrogen-bond acceptors (Lipinski definition) is 3. The van der Waals surface area contributed by atoms with Gasteiger partial charge in [0, 0.05) is 43.4 Å². The van der Waals surface area contributed by atoms with E-state index in [4.69, 9.17) is 21.0 Å². The first-order valence-electron chi connectivity index (χ1n) is 26.3. The van der Waals surface area contributed by atoms with Crippen molar-refractivity contribution >= 4 is 71.2 Å². The molecule has 12 aromatic rings. The summed E-state index contributed by atoms with van der Waals surface area (Å²) < 4.78 is 12.2. The zero-order valence-corrected chi connectivity index (χ0v) is 45.2. The SMILES string of the molecule is [C-]#[N+]c1cc(-n2c3ccc(C(C)(C)C)cc3c3cc(C(C)(C)C)ccc32)c(-n2c3ccc(C(C)(C)C)cc3c3cc(C(C)(C)C)ccc32)c2c1oc1c(-c3nc(-c4ccccc4)cc(-c4ccccc4)n3)cccc12. The highest BCUT2D eigenvalue weighted by atomic mass is 16.3. The number of hydrogen-bond donors (Lipinski definition) is 0. The maximum absolute atomic E-state index is 9.00. The smallest absolute Gasteiger partial charge is 0.231 e.